The van der Waals surface area contributed by atoms with E-state index in [-0.39, 0.29) is 17.7 Å². The lowest BCUT2D eigenvalue weighted by molar-refractivity contribution is -0.143. The molecule has 0 saturated carbocycles. The van der Waals surface area contributed by atoms with Crippen molar-refractivity contribution in [2.75, 3.05) is 6.61 Å². The first-order valence-corrected chi connectivity index (χ1v) is 5.58. The molecule has 0 aromatic heterocycles. The summed E-state index contributed by atoms with van der Waals surface area (Å²) in [4.78, 5) is 33.4. The first-order valence-electron chi connectivity index (χ1n) is 5.58. The normalized spacial score (nSPS) is 11.5. The van der Waals surface area contributed by atoms with Crippen molar-refractivity contribution in [1.29, 1.82) is 0 Å². The topological polar surface area (TPSA) is 89.9 Å². The zero-order chi connectivity index (χ0) is 14.4. The molecule has 1 N–H and O–H groups in total. The number of carboxylic acids is 1. The highest BCUT2D eigenvalue weighted by molar-refractivity contribution is 6.02. The molecule has 0 spiro atoms. The van der Waals surface area contributed by atoms with Crippen molar-refractivity contribution >= 4 is 17.9 Å². The molecule has 6 nitrogen and oxygen atoms in total. The summed E-state index contributed by atoms with van der Waals surface area (Å²) in [7, 11) is 0. The Balaban J connectivity index is 2.73. The lowest BCUT2D eigenvalue weighted by Gasteiger charge is -2.13. The van der Waals surface area contributed by atoms with Gasteiger partial charge in [-0.15, -0.1) is 0 Å². The van der Waals surface area contributed by atoms with Gasteiger partial charge in [0.2, 0.25) is 0 Å². The quantitative estimate of drug-likeness (QED) is 0.812. The molecule has 0 aliphatic carbocycles. The molecule has 1 unspecified atom stereocenters. The third-order valence-corrected chi connectivity index (χ3v) is 2.21. The minimum absolute atomic E-state index is 0.0373. The standard InChI is InChI=1S/C13H14O6/c1-8(7-18-9(2)14)19-13(17)11-6-4-3-5-10(11)12(15)16/h3-6,8H,7H2,1-2H3,(H,15,16). The summed E-state index contributed by atoms with van der Waals surface area (Å²) < 4.78 is 9.68. The van der Waals surface area contributed by atoms with Crippen LogP contribution in [0.5, 0.6) is 0 Å². The molecule has 0 amide bonds. The van der Waals surface area contributed by atoms with Crippen molar-refractivity contribution in [3.8, 4) is 0 Å². The van der Waals surface area contributed by atoms with Crippen LogP contribution in [0.4, 0.5) is 0 Å². The number of benzene rings is 1. The van der Waals surface area contributed by atoms with Gasteiger partial charge in [-0.05, 0) is 19.1 Å². The van der Waals surface area contributed by atoms with Crippen LogP contribution in [0, 0.1) is 0 Å². The molecular weight excluding hydrogens is 252 g/mol. The second kappa shape index (κ2) is 6.53. The molecular formula is C13H14O6. The molecule has 102 valence electrons. The third kappa shape index (κ3) is 4.42. The zero-order valence-corrected chi connectivity index (χ0v) is 10.6. The number of carbonyl (C=O) groups is 3. The van der Waals surface area contributed by atoms with E-state index in [2.05, 4.69) is 4.74 Å². The highest BCUT2D eigenvalue weighted by Crippen LogP contribution is 2.11. The van der Waals surface area contributed by atoms with Gasteiger partial charge in [0, 0.05) is 6.92 Å². The van der Waals surface area contributed by atoms with Crippen LogP contribution in [0.3, 0.4) is 0 Å². The van der Waals surface area contributed by atoms with Gasteiger partial charge in [0.25, 0.3) is 0 Å². The smallest absolute Gasteiger partial charge is 0.339 e. The van der Waals surface area contributed by atoms with Gasteiger partial charge in [-0.25, -0.2) is 9.59 Å². The summed E-state index contributed by atoms with van der Waals surface area (Å²) >= 11 is 0. The summed E-state index contributed by atoms with van der Waals surface area (Å²) in [6.07, 6.45) is -0.654. The highest BCUT2D eigenvalue weighted by atomic mass is 16.6. The Morgan fingerprint density at radius 2 is 1.79 bits per heavy atom. The van der Waals surface area contributed by atoms with Gasteiger partial charge in [-0.1, -0.05) is 12.1 Å². The monoisotopic (exact) mass is 266 g/mol. The fraction of sp³-hybridized carbons (Fsp3) is 0.308. The van der Waals surface area contributed by atoms with E-state index in [1.165, 1.54) is 25.1 Å². The summed E-state index contributed by atoms with van der Waals surface area (Å²) in [6.45, 7) is 2.72. The summed E-state index contributed by atoms with van der Waals surface area (Å²) in [6, 6.07) is 5.74. The minimum Gasteiger partial charge on any atom is -0.478 e. The number of hydrogen-bond donors (Lipinski definition) is 1. The Morgan fingerprint density at radius 3 is 2.32 bits per heavy atom. The van der Waals surface area contributed by atoms with Gasteiger partial charge in [0.15, 0.2) is 0 Å². The fourth-order valence-electron chi connectivity index (χ4n) is 1.36. The Hall–Kier alpha value is -2.37. The Labute approximate surface area is 109 Å². The van der Waals surface area contributed by atoms with Crippen molar-refractivity contribution in [3.63, 3.8) is 0 Å². The maximum absolute atomic E-state index is 11.8. The van der Waals surface area contributed by atoms with Crippen LogP contribution in [0.15, 0.2) is 24.3 Å². The van der Waals surface area contributed by atoms with Gasteiger partial charge < -0.3 is 14.6 Å². The second-order valence-corrected chi connectivity index (χ2v) is 3.87. The SMILES string of the molecule is CC(=O)OCC(C)OC(=O)c1ccccc1C(=O)O. The second-order valence-electron chi connectivity index (χ2n) is 3.87. The van der Waals surface area contributed by atoms with Crippen molar-refractivity contribution < 1.29 is 29.0 Å². The number of aromatic carboxylic acids is 1. The lowest BCUT2D eigenvalue weighted by atomic mass is 10.1. The van der Waals surface area contributed by atoms with Crippen molar-refractivity contribution in [2.45, 2.75) is 20.0 Å². The van der Waals surface area contributed by atoms with E-state index in [1.54, 1.807) is 13.0 Å². The number of rotatable bonds is 5. The van der Waals surface area contributed by atoms with E-state index in [0.717, 1.165) is 0 Å². The van der Waals surface area contributed by atoms with Crippen LogP contribution in [-0.2, 0) is 14.3 Å². The third-order valence-electron chi connectivity index (χ3n) is 2.21. The molecule has 0 heterocycles. The number of hydrogen-bond acceptors (Lipinski definition) is 5. The molecule has 0 saturated heterocycles. The molecule has 1 aromatic carbocycles. The zero-order valence-electron chi connectivity index (χ0n) is 10.6. The predicted octanol–water partition coefficient (Wildman–Crippen LogP) is 1.49. The van der Waals surface area contributed by atoms with Crippen molar-refractivity contribution in [3.05, 3.63) is 35.4 Å². The summed E-state index contributed by atoms with van der Waals surface area (Å²) in [5.41, 5.74) is -0.170. The maximum atomic E-state index is 11.8. The maximum Gasteiger partial charge on any atom is 0.339 e. The molecule has 0 bridgehead atoms. The van der Waals surface area contributed by atoms with Gasteiger partial charge in [-0.2, -0.15) is 0 Å². The number of carbonyl (C=O) groups excluding carboxylic acids is 2. The molecule has 0 aliphatic heterocycles. The van der Waals surface area contributed by atoms with Crippen LogP contribution in [-0.4, -0.2) is 35.7 Å². The van der Waals surface area contributed by atoms with Gasteiger partial charge in [0.05, 0.1) is 11.1 Å². The first-order chi connectivity index (χ1) is 8.91. The van der Waals surface area contributed by atoms with E-state index < -0.39 is 24.0 Å². The van der Waals surface area contributed by atoms with Crippen LogP contribution in [0.2, 0.25) is 0 Å². The molecule has 1 atom stereocenters. The molecule has 0 radical (unpaired) electrons. The molecule has 19 heavy (non-hydrogen) atoms. The lowest BCUT2D eigenvalue weighted by Crippen LogP contribution is -2.22. The molecule has 6 heteroatoms. The molecule has 0 fully saturated rings. The van der Waals surface area contributed by atoms with E-state index in [4.69, 9.17) is 9.84 Å². The van der Waals surface area contributed by atoms with Gasteiger partial charge in [0.1, 0.15) is 12.7 Å². The summed E-state index contributed by atoms with van der Waals surface area (Å²) in [5, 5.41) is 8.95. The van der Waals surface area contributed by atoms with Gasteiger partial charge >= 0.3 is 17.9 Å². The number of esters is 2. The average molecular weight is 266 g/mol. The van der Waals surface area contributed by atoms with E-state index in [0.29, 0.717) is 0 Å². The van der Waals surface area contributed by atoms with E-state index >= 15 is 0 Å². The van der Waals surface area contributed by atoms with Gasteiger partial charge in [-0.3, -0.25) is 4.79 Å². The first kappa shape index (κ1) is 14.7. The number of ether oxygens (including phenoxy) is 2. The van der Waals surface area contributed by atoms with Crippen LogP contribution < -0.4 is 0 Å². The largest absolute Gasteiger partial charge is 0.478 e. The van der Waals surface area contributed by atoms with Crippen LogP contribution in [0.1, 0.15) is 34.6 Å². The minimum atomic E-state index is -1.21. The summed E-state index contributed by atoms with van der Waals surface area (Å²) in [5.74, 6) is -2.45. The molecule has 1 aromatic rings. The fourth-order valence-corrected chi connectivity index (χ4v) is 1.36. The molecule has 1 rings (SSSR count). The number of carboxylic acid groups (broad SMARTS) is 1. The average Bonchev–Trinajstić information content (AvgIpc) is 2.36. The highest BCUT2D eigenvalue weighted by Gasteiger charge is 2.19. The van der Waals surface area contributed by atoms with Crippen molar-refractivity contribution in [1.82, 2.24) is 0 Å². The van der Waals surface area contributed by atoms with Crippen LogP contribution >= 0.6 is 0 Å². The Bertz CT molecular complexity index is 494. The van der Waals surface area contributed by atoms with E-state index in [1.807, 2.05) is 0 Å². The Morgan fingerprint density at radius 1 is 1.21 bits per heavy atom. The Kier molecular flexibility index (Phi) is 5.05. The molecule has 0 aliphatic rings. The van der Waals surface area contributed by atoms with Crippen molar-refractivity contribution in [2.24, 2.45) is 0 Å². The van der Waals surface area contributed by atoms with E-state index in [9.17, 15) is 14.4 Å². The predicted molar refractivity (Wildman–Crippen MR) is 64.9 cm³/mol. The van der Waals surface area contributed by atoms with Crippen LogP contribution in [0.25, 0.3) is 0 Å².